The third-order valence-electron chi connectivity index (χ3n) is 3.12. The lowest BCUT2D eigenvalue weighted by molar-refractivity contribution is -0.143. The number of aromatic hydroxyl groups is 1. The average Bonchev–Trinajstić information content (AvgIpc) is 2.48. The van der Waals surface area contributed by atoms with Crippen molar-refractivity contribution < 1.29 is 31.4 Å². The molecule has 0 saturated carbocycles. The molecule has 1 N–H and O–H groups in total. The Balaban J connectivity index is 2.48. The predicted molar refractivity (Wildman–Crippen MR) is 88.9 cm³/mol. The topological polar surface area (TPSA) is 20.2 Å². The Bertz CT molecular complexity index is 769. The maximum atomic E-state index is 12.8. The molecule has 0 radical (unpaired) electrons. The summed E-state index contributed by atoms with van der Waals surface area (Å²) in [7, 11) is 0. The van der Waals surface area contributed by atoms with Crippen molar-refractivity contribution in [1.82, 2.24) is 0 Å². The Morgan fingerprint density at radius 3 is 1.40 bits per heavy atom. The van der Waals surface area contributed by atoms with E-state index < -0.39 is 23.5 Å². The molecule has 0 aromatic heterocycles. The molecule has 0 aliphatic heterocycles. The van der Waals surface area contributed by atoms with Gasteiger partial charge in [-0.1, -0.05) is 12.2 Å². The Labute approximate surface area is 155 Å². The zero-order valence-electron chi connectivity index (χ0n) is 12.0. The van der Waals surface area contributed by atoms with Gasteiger partial charge in [-0.25, -0.2) is 0 Å². The first kappa shape index (κ1) is 19.8. The largest absolute Gasteiger partial charge is 0.506 e. The summed E-state index contributed by atoms with van der Waals surface area (Å²) in [5.74, 6) is -0.0735. The highest BCUT2D eigenvalue weighted by atomic mass is 79.9. The number of halogens is 8. The van der Waals surface area contributed by atoms with Crippen molar-refractivity contribution in [3.8, 4) is 5.75 Å². The van der Waals surface area contributed by atoms with Crippen LogP contribution >= 0.6 is 31.9 Å². The van der Waals surface area contributed by atoms with E-state index in [-0.39, 0.29) is 17.4 Å². The molecule has 0 fully saturated rings. The van der Waals surface area contributed by atoms with Gasteiger partial charge in [-0.2, -0.15) is 26.3 Å². The van der Waals surface area contributed by atoms with E-state index in [9.17, 15) is 31.4 Å². The van der Waals surface area contributed by atoms with E-state index >= 15 is 0 Å². The van der Waals surface area contributed by atoms with Gasteiger partial charge in [0.05, 0.1) is 20.1 Å². The fraction of sp³-hybridized carbons (Fsp3) is 0.125. The highest BCUT2D eigenvalue weighted by Crippen LogP contribution is 2.37. The molecular formula is C16H8Br2F6O. The summed E-state index contributed by atoms with van der Waals surface area (Å²) in [4.78, 5) is 0. The Kier molecular flexibility index (Phi) is 5.58. The molecule has 0 bridgehead atoms. The van der Waals surface area contributed by atoms with E-state index in [0.717, 1.165) is 6.08 Å². The Morgan fingerprint density at radius 2 is 1.04 bits per heavy atom. The SMILES string of the molecule is Oc1c(Br)cc(/C=C/c2cc(C(F)(F)F)cc(C(F)(F)F)c2)cc1Br. The van der Waals surface area contributed by atoms with E-state index in [2.05, 4.69) is 31.9 Å². The van der Waals surface area contributed by atoms with Crippen LogP contribution in [0.2, 0.25) is 0 Å². The number of hydrogen-bond acceptors (Lipinski definition) is 1. The number of hydrogen-bond donors (Lipinski definition) is 1. The molecule has 2 rings (SSSR count). The zero-order valence-corrected chi connectivity index (χ0v) is 15.2. The van der Waals surface area contributed by atoms with Crippen LogP contribution in [-0.4, -0.2) is 5.11 Å². The number of alkyl halides is 6. The second-order valence-electron chi connectivity index (χ2n) is 5.01. The van der Waals surface area contributed by atoms with Crippen molar-refractivity contribution in [3.63, 3.8) is 0 Å². The van der Waals surface area contributed by atoms with Crippen LogP contribution in [0.15, 0.2) is 39.3 Å². The predicted octanol–water partition coefficient (Wildman–Crippen LogP) is 7.13. The number of phenolic OH excluding ortho intramolecular Hbond substituents is 1. The summed E-state index contributed by atoms with van der Waals surface area (Å²) >= 11 is 6.17. The number of rotatable bonds is 2. The highest BCUT2D eigenvalue weighted by Gasteiger charge is 2.36. The molecular weight excluding hydrogens is 482 g/mol. The molecule has 2 aromatic carbocycles. The minimum Gasteiger partial charge on any atom is -0.506 e. The molecule has 1 nitrogen and oxygen atoms in total. The van der Waals surface area contributed by atoms with Crippen molar-refractivity contribution in [2.45, 2.75) is 12.4 Å². The molecule has 0 aliphatic rings. The van der Waals surface area contributed by atoms with Crippen molar-refractivity contribution in [1.29, 1.82) is 0 Å². The van der Waals surface area contributed by atoms with Crippen molar-refractivity contribution in [2.75, 3.05) is 0 Å². The van der Waals surface area contributed by atoms with Gasteiger partial charge in [-0.05, 0) is 73.3 Å². The van der Waals surface area contributed by atoms with Crippen LogP contribution in [0.3, 0.4) is 0 Å². The molecule has 0 unspecified atom stereocenters. The summed E-state index contributed by atoms with van der Waals surface area (Å²) in [6.45, 7) is 0. The summed E-state index contributed by atoms with van der Waals surface area (Å²) in [5.41, 5.74) is -2.55. The first-order valence-electron chi connectivity index (χ1n) is 6.53. The standard InChI is InChI=1S/C16H8Br2F6O/c17-12-5-9(6-13(18)14(12)25)2-1-8-3-10(15(19,20)21)7-11(4-8)16(22,23)24/h1-7,25H/b2-1+. The average molecular weight is 490 g/mol. The molecule has 0 atom stereocenters. The maximum Gasteiger partial charge on any atom is 0.416 e. The van der Waals surface area contributed by atoms with Crippen LogP contribution in [0.4, 0.5) is 26.3 Å². The first-order valence-corrected chi connectivity index (χ1v) is 8.12. The number of phenols is 1. The molecule has 0 amide bonds. The second kappa shape index (κ2) is 7.03. The molecule has 0 heterocycles. The van der Waals surface area contributed by atoms with Crippen LogP contribution in [-0.2, 0) is 12.4 Å². The van der Waals surface area contributed by atoms with Crippen molar-refractivity contribution in [2.24, 2.45) is 0 Å². The second-order valence-corrected chi connectivity index (χ2v) is 6.71. The van der Waals surface area contributed by atoms with Gasteiger partial charge < -0.3 is 5.11 Å². The highest BCUT2D eigenvalue weighted by molar-refractivity contribution is 9.11. The van der Waals surface area contributed by atoms with Gasteiger partial charge >= 0.3 is 12.4 Å². The van der Waals surface area contributed by atoms with Gasteiger partial charge in [0, 0.05) is 0 Å². The van der Waals surface area contributed by atoms with Crippen LogP contribution < -0.4 is 0 Å². The molecule has 0 aliphatic carbocycles. The lowest BCUT2D eigenvalue weighted by Crippen LogP contribution is -2.11. The monoisotopic (exact) mass is 488 g/mol. The normalized spacial score (nSPS) is 12.8. The van der Waals surface area contributed by atoms with Crippen LogP contribution in [0.5, 0.6) is 5.75 Å². The molecule has 134 valence electrons. The Hall–Kier alpha value is -1.48. The minimum atomic E-state index is -4.89. The van der Waals surface area contributed by atoms with E-state index in [4.69, 9.17) is 0 Å². The smallest absolute Gasteiger partial charge is 0.416 e. The molecule has 25 heavy (non-hydrogen) atoms. The summed E-state index contributed by atoms with van der Waals surface area (Å²) in [5, 5.41) is 9.60. The van der Waals surface area contributed by atoms with Crippen molar-refractivity contribution >= 4 is 44.0 Å². The van der Waals surface area contributed by atoms with E-state index in [1.807, 2.05) is 0 Å². The van der Waals surface area contributed by atoms with Gasteiger partial charge in [0.1, 0.15) is 5.75 Å². The summed E-state index contributed by atoms with van der Waals surface area (Å²) < 4.78 is 77.5. The quantitative estimate of drug-likeness (QED) is 0.351. The fourth-order valence-electron chi connectivity index (χ4n) is 1.95. The van der Waals surface area contributed by atoms with Crippen LogP contribution in [0, 0.1) is 0 Å². The van der Waals surface area contributed by atoms with Gasteiger partial charge in [0.25, 0.3) is 0 Å². The number of benzene rings is 2. The third kappa shape index (κ3) is 5.01. The third-order valence-corrected chi connectivity index (χ3v) is 4.33. The van der Waals surface area contributed by atoms with Crippen LogP contribution in [0.25, 0.3) is 12.2 Å². The van der Waals surface area contributed by atoms with Crippen LogP contribution in [0.1, 0.15) is 22.3 Å². The lowest BCUT2D eigenvalue weighted by Gasteiger charge is -2.13. The molecule has 0 spiro atoms. The minimum absolute atomic E-state index is 0.0735. The summed E-state index contributed by atoms with van der Waals surface area (Å²) in [6.07, 6.45) is -7.32. The van der Waals surface area contributed by atoms with Gasteiger partial charge in [0.15, 0.2) is 0 Å². The van der Waals surface area contributed by atoms with Gasteiger partial charge in [-0.15, -0.1) is 0 Å². The maximum absolute atomic E-state index is 12.8. The van der Waals surface area contributed by atoms with Gasteiger partial charge in [0.2, 0.25) is 0 Å². The van der Waals surface area contributed by atoms with E-state index in [0.29, 0.717) is 26.6 Å². The Morgan fingerprint density at radius 1 is 0.680 bits per heavy atom. The fourth-order valence-corrected chi connectivity index (χ4v) is 3.17. The molecule has 9 heteroatoms. The van der Waals surface area contributed by atoms with Gasteiger partial charge in [-0.3, -0.25) is 0 Å². The zero-order chi connectivity index (χ0) is 19.0. The molecule has 2 aromatic rings. The van der Waals surface area contributed by atoms with Crippen molar-refractivity contribution in [3.05, 3.63) is 61.5 Å². The van der Waals surface area contributed by atoms with E-state index in [1.165, 1.54) is 18.2 Å². The van der Waals surface area contributed by atoms with E-state index in [1.54, 1.807) is 0 Å². The lowest BCUT2D eigenvalue weighted by atomic mass is 10.0. The first-order chi connectivity index (χ1) is 11.4. The summed E-state index contributed by atoms with van der Waals surface area (Å²) in [6, 6.07) is 4.28. The molecule has 0 saturated heterocycles.